The van der Waals surface area contributed by atoms with Gasteiger partial charge in [0.1, 0.15) is 5.82 Å². The molecule has 3 heteroatoms. The predicted molar refractivity (Wildman–Crippen MR) is 75.5 cm³/mol. The molecule has 1 N–H and O–H groups in total. The Labute approximate surface area is 113 Å². The van der Waals surface area contributed by atoms with E-state index >= 15 is 0 Å². The minimum atomic E-state index is -0.249. The lowest BCUT2D eigenvalue weighted by atomic mass is 9.98. The second-order valence-electron chi connectivity index (χ2n) is 4.70. The maximum Gasteiger partial charge on any atom is 0.146 e. The molecule has 0 saturated carbocycles. The molecule has 1 aromatic carbocycles. The van der Waals surface area contributed by atoms with Gasteiger partial charge in [-0.2, -0.15) is 0 Å². The second-order valence-corrected chi connectivity index (χ2v) is 4.70. The third kappa shape index (κ3) is 3.61. The fourth-order valence-electron chi connectivity index (χ4n) is 2.28. The zero-order valence-corrected chi connectivity index (χ0v) is 11.4. The number of nitrogens with one attached hydrogen (secondary N) is 1. The van der Waals surface area contributed by atoms with Crippen molar-refractivity contribution in [3.05, 3.63) is 65.2 Å². The molecular formula is C16H19FN2. The molecule has 1 aromatic heterocycles. The van der Waals surface area contributed by atoms with Gasteiger partial charge in [-0.1, -0.05) is 36.8 Å². The number of pyridine rings is 1. The summed E-state index contributed by atoms with van der Waals surface area (Å²) < 4.78 is 13.8. The van der Waals surface area contributed by atoms with Crippen LogP contribution >= 0.6 is 0 Å². The van der Waals surface area contributed by atoms with Gasteiger partial charge in [-0.25, -0.2) is 4.39 Å². The minimum Gasteiger partial charge on any atom is -0.310 e. The maximum absolute atomic E-state index is 13.8. The highest BCUT2D eigenvalue weighted by Gasteiger charge is 2.15. The van der Waals surface area contributed by atoms with Crippen LogP contribution in [0.4, 0.5) is 4.39 Å². The van der Waals surface area contributed by atoms with Gasteiger partial charge in [0.2, 0.25) is 0 Å². The number of hydrogen-bond acceptors (Lipinski definition) is 2. The Morgan fingerprint density at radius 2 is 2.16 bits per heavy atom. The fraction of sp³-hybridized carbons (Fsp3) is 0.312. The van der Waals surface area contributed by atoms with Crippen molar-refractivity contribution in [2.75, 3.05) is 6.54 Å². The molecule has 1 heterocycles. The second kappa shape index (κ2) is 6.43. The van der Waals surface area contributed by atoms with Crippen molar-refractivity contribution in [2.24, 2.45) is 0 Å². The van der Waals surface area contributed by atoms with E-state index in [9.17, 15) is 4.39 Å². The van der Waals surface area contributed by atoms with Crippen molar-refractivity contribution in [2.45, 2.75) is 26.3 Å². The van der Waals surface area contributed by atoms with Crippen LogP contribution < -0.4 is 5.32 Å². The SMILES string of the molecule is CCNC(Cc1cccc(C)c1)c1ccncc1F. The summed E-state index contributed by atoms with van der Waals surface area (Å²) in [7, 11) is 0. The van der Waals surface area contributed by atoms with E-state index in [0.717, 1.165) is 13.0 Å². The van der Waals surface area contributed by atoms with Crippen molar-refractivity contribution >= 4 is 0 Å². The largest absolute Gasteiger partial charge is 0.310 e. The van der Waals surface area contributed by atoms with Gasteiger partial charge >= 0.3 is 0 Å². The Balaban J connectivity index is 2.24. The highest BCUT2D eigenvalue weighted by Crippen LogP contribution is 2.21. The van der Waals surface area contributed by atoms with Crippen LogP contribution in [-0.4, -0.2) is 11.5 Å². The number of aromatic nitrogens is 1. The van der Waals surface area contributed by atoms with E-state index in [1.807, 2.05) is 13.0 Å². The number of hydrogen-bond donors (Lipinski definition) is 1. The number of rotatable bonds is 5. The molecule has 100 valence electrons. The van der Waals surface area contributed by atoms with Crippen molar-refractivity contribution in [1.82, 2.24) is 10.3 Å². The highest BCUT2D eigenvalue weighted by molar-refractivity contribution is 5.26. The topological polar surface area (TPSA) is 24.9 Å². The summed E-state index contributed by atoms with van der Waals surface area (Å²) in [5.74, 6) is -0.249. The Morgan fingerprint density at radius 3 is 2.84 bits per heavy atom. The lowest BCUT2D eigenvalue weighted by molar-refractivity contribution is 0.507. The predicted octanol–water partition coefficient (Wildman–Crippen LogP) is 3.42. The first-order valence-electron chi connectivity index (χ1n) is 6.59. The lowest BCUT2D eigenvalue weighted by Gasteiger charge is -2.19. The standard InChI is InChI=1S/C16H19FN2/c1-3-19-16(14-7-8-18-11-15(14)17)10-13-6-4-5-12(2)9-13/h4-9,11,16,19H,3,10H2,1-2H3. The molecule has 2 aromatic rings. The van der Waals surface area contributed by atoms with E-state index in [-0.39, 0.29) is 11.9 Å². The van der Waals surface area contributed by atoms with Crippen molar-refractivity contribution in [3.8, 4) is 0 Å². The Morgan fingerprint density at radius 1 is 1.32 bits per heavy atom. The molecule has 2 rings (SSSR count). The average Bonchev–Trinajstić information content (AvgIpc) is 2.39. The zero-order valence-electron chi connectivity index (χ0n) is 11.4. The van der Waals surface area contributed by atoms with Gasteiger partial charge in [-0.3, -0.25) is 4.98 Å². The van der Waals surface area contributed by atoms with E-state index in [1.54, 1.807) is 12.3 Å². The summed E-state index contributed by atoms with van der Waals surface area (Å²) in [6.45, 7) is 4.90. The van der Waals surface area contributed by atoms with E-state index in [1.165, 1.54) is 17.3 Å². The molecule has 1 unspecified atom stereocenters. The van der Waals surface area contributed by atoms with Crippen molar-refractivity contribution < 1.29 is 4.39 Å². The van der Waals surface area contributed by atoms with Gasteiger partial charge < -0.3 is 5.32 Å². The Hall–Kier alpha value is -1.74. The third-order valence-electron chi connectivity index (χ3n) is 3.15. The molecule has 2 nitrogen and oxygen atoms in total. The van der Waals surface area contributed by atoms with Crippen LogP contribution in [0.15, 0.2) is 42.7 Å². The van der Waals surface area contributed by atoms with Crippen LogP contribution in [-0.2, 0) is 6.42 Å². The number of aryl methyl sites for hydroxylation is 1. The van der Waals surface area contributed by atoms with E-state index in [4.69, 9.17) is 0 Å². The number of likely N-dealkylation sites (N-methyl/N-ethyl adjacent to an activating group) is 1. The molecule has 1 atom stereocenters. The number of benzene rings is 1. The van der Waals surface area contributed by atoms with Gasteiger partial charge in [0.25, 0.3) is 0 Å². The van der Waals surface area contributed by atoms with E-state index < -0.39 is 0 Å². The summed E-state index contributed by atoms with van der Waals surface area (Å²) in [6.07, 6.45) is 3.69. The molecule has 0 amide bonds. The minimum absolute atomic E-state index is 0.0187. The fourth-order valence-corrected chi connectivity index (χ4v) is 2.28. The van der Waals surface area contributed by atoms with Crippen LogP contribution in [0.25, 0.3) is 0 Å². The summed E-state index contributed by atoms with van der Waals surface area (Å²) in [6, 6.07) is 10.1. The quantitative estimate of drug-likeness (QED) is 0.888. The Kier molecular flexibility index (Phi) is 4.63. The van der Waals surface area contributed by atoms with Gasteiger partial charge in [-0.15, -0.1) is 0 Å². The molecule has 0 radical (unpaired) electrons. The van der Waals surface area contributed by atoms with E-state index in [0.29, 0.717) is 5.56 Å². The normalized spacial score (nSPS) is 12.4. The van der Waals surface area contributed by atoms with Crippen LogP contribution in [0.3, 0.4) is 0 Å². The first-order valence-corrected chi connectivity index (χ1v) is 6.59. The van der Waals surface area contributed by atoms with Crippen LogP contribution in [0.2, 0.25) is 0 Å². The lowest BCUT2D eigenvalue weighted by Crippen LogP contribution is -2.24. The maximum atomic E-state index is 13.8. The first kappa shape index (κ1) is 13.7. The number of halogens is 1. The van der Waals surface area contributed by atoms with Gasteiger partial charge in [0.05, 0.1) is 6.20 Å². The monoisotopic (exact) mass is 258 g/mol. The molecule has 0 fully saturated rings. The third-order valence-corrected chi connectivity index (χ3v) is 3.15. The molecule has 19 heavy (non-hydrogen) atoms. The summed E-state index contributed by atoms with van der Waals surface area (Å²) in [5, 5.41) is 3.34. The Bertz CT molecular complexity index is 540. The molecule has 0 aliphatic rings. The zero-order chi connectivity index (χ0) is 13.7. The molecule has 0 aliphatic carbocycles. The first-order chi connectivity index (χ1) is 9.20. The molecule has 0 aliphatic heterocycles. The molecule has 0 saturated heterocycles. The molecular weight excluding hydrogens is 239 g/mol. The van der Waals surface area contributed by atoms with Gasteiger partial charge in [0, 0.05) is 17.8 Å². The van der Waals surface area contributed by atoms with Crippen LogP contribution in [0.5, 0.6) is 0 Å². The van der Waals surface area contributed by atoms with Gasteiger partial charge in [-0.05, 0) is 31.5 Å². The van der Waals surface area contributed by atoms with E-state index in [2.05, 4.69) is 35.4 Å². The van der Waals surface area contributed by atoms with Crippen LogP contribution in [0.1, 0.15) is 29.7 Å². The summed E-state index contributed by atoms with van der Waals surface area (Å²) in [5.41, 5.74) is 3.11. The van der Waals surface area contributed by atoms with Gasteiger partial charge in [0.15, 0.2) is 0 Å². The average molecular weight is 258 g/mol. The molecule has 0 bridgehead atoms. The molecule has 0 spiro atoms. The summed E-state index contributed by atoms with van der Waals surface area (Å²) >= 11 is 0. The highest BCUT2D eigenvalue weighted by atomic mass is 19.1. The number of nitrogens with zero attached hydrogens (tertiary/aromatic N) is 1. The van der Waals surface area contributed by atoms with Crippen molar-refractivity contribution in [1.29, 1.82) is 0 Å². The summed E-state index contributed by atoms with van der Waals surface area (Å²) in [4.78, 5) is 3.81. The van der Waals surface area contributed by atoms with Crippen molar-refractivity contribution in [3.63, 3.8) is 0 Å². The van der Waals surface area contributed by atoms with Crippen LogP contribution in [0, 0.1) is 12.7 Å². The smallest absolute Gasteiger partial charge is 0.146 e.